The fourth-order valence-corrected chi connectivity index (χ4v) is 5.33. The summed E-state index contributed by atoms with van der Waals surface area (Å²) >= 11 is 0. The molecule has 2 aromatic heterocycles. The Morgan fingerprint density at radius 2 is 0.919 bits per heavy atom. The minimum absolute atomic E-state index is 0.371. The molecule has 0 aliphatic rings. The fourth-order valence-electron chi connectivity index (χ4n) is 5.33. The van der Waals surface area contributed by atoms with Gasteiger partial charge < -0.3 is 9.13 Å². The van der Waals surface area contributed by atoms with E-state index in [0.717, 1.165) is 11.4 Å². The van der Waals surface area contributed by atoms with Crippen molar-refractivity contribution in [1.82, 2.24) is 9.13 Å². The Hall–Kier alpha value is -4.04. The van der Waals surface area contributed by atoms with Crippen molar-refractivity contribution in [1.29, 1.82) is 0 Å². The van der Waals surface area contributed by atoms with Crippen molar-refractivity contribution < 1.29 is 2.74 Å². The molecule has 0 saturated heterocycles. The second-order valence-corrected chi connectivity index (χ2v) is 10.5. The molecule has 0 aliphatic carbocycles. The van der Waals surface area contributed by atoms with E-state index in [0.29, 0.717) is 23.0 Å². The third-order valence-corrected chi connectivity index (χ3v) is 7.20. The van der Waals surface area contributed by atoms with Crippen LogP contribution in [-0.4, -0.2) is 9.13 Å². The van der Waals surface area contributed by atoms with Crippen LogP contribution in [-0.2, 0) is 6.37 Å². The van der Waals surface area contributed by atoms with Gasteiger partial charge in [-0.3, -0.25) is 0 Å². The zero-order chi connectivity index (χ0) is 27.3. The van der Waals surface area contributed by atoms with Gasteiger partial charge in [-0.15, -0.1) is 0 Å². The van der Waals surface area contributed by atoms with Crippen molar-refractivity contribution in [2.24, 2.45) is 0 Å². The molecule has 37 heavy (non-hydrogen) atoms. The summed E-state index contributed by atoms with van der Waals surface area (Å²) in [6.07, 6.45) is -1.61. The normalized spacial score (nSPS) is 13.0. The maximum absolute atomic E-state index is 9.03. The van der Waals surface area contributed by atoms with Crippen molar-refractivity contribution in [2.75, 3.05) is 0 Å². The van der Waals surface area contributed by atoms with Gasteiger partial charge in [0.2, 0.25) is 0 Å². The van der Waals surface area contributed by atoms with Crippen LogP contribution in [0.25, 0.3) is 33.2 Å². The number of aromatic nitrogens is 2. The Balaban J connectivity index is 1.35. The number of fused-ring (bicyclic) bond motifs is 2. The average molecular weight is 485 g/mol. The van der Waals surface area contributed by atoms with Crippen LogP contribution >= 0.6 is 0 Å². The Bertz CT molecular complexity index is 1640. The van der Waals surface area contributed by atoms with Crippen LogP contribution in [0.4, 0.5) is 0 Å². The van der Waals surface area contributed by atoms with E-state index in [1.54, 1.807) is 0 Å². The molecule has 0 unspecified atom stereocenters. The number of nitrogens with zero attached hydrogens (tertiary/aromatic N) is 2. The quantitative estimate of drug-likeness (QED) is 0.223. The topological polar surface area (TPSA) is 9.86 Å². The van der Waals surface area contributed by atoms with Crippen molar-refractivity contribution in [3.8, 4) is 11.4 Å². The van der Waals surface area contributed by atoms with Crippen LogP contribution in [0.15, 0.2) is 109 Å². The largest absolute Gasteiger partial charge is 0.313 e. The molecule has 0 N–H and O–H groups in total. The Morgan fingerprint density at radius 3 is 1.30 bits per heavy atom. The summed E-state index contributed by atoms with van der Waals surface area (Å²) in [5.41, 5.74) is 8.25. The molecule has 0 aliphatic heterocycles. The zero-order valence-electron chi connectivity index (χ0n) is 23.9. The predicted octanol–water partition coefficient (Wildman–Crippen LogP) is 9.41. The predicted molar refractivity (Wildman–Crippen MR) is 158 cm³/mol. The van der Waals surface area contributed by atoms with Gasteiger partial charge in [0.1, 0.15) is 0 Å². The van der Waals surface area contributed by atoms with Crippen LogP contribution in [0.3, 0.4) is 0 Å². The van der Waals surface area contributed by atoms with Gasteiger partial charge in [-0.05, 0) is 77.9 Å². The summed E-state index contributed by atoms with van der Waals surface area (Å²) in [5.74, 6) is 0.742. The monoisotopic (exact) mass is 484 g/mol. The Labute approximate surface area is 222 Å². The third-order valence-electron chi connectivity index (χ3n) is 7.20. The van der Waals surface area contributed by atoms with Gasteiger partial charge in [-0.1, -0.05) is 88.4 Å². The van der Waals surface area contributed by atoms with Gasteiger partial charge in [-0.2, -0.15) is 0 Å². The van der Waals surface area contributed by atoms with Gasteiger partial charge in [0.25, 0.3) is 0 Å². The molecule has 0 bridgehead atoms. The average Bonchev–Trinajstić information content (AvgIpc) is 3.53. The summed E-state index contributed by atoms with van der Waals surface area (Å²) in [5, 5.41) is 2.44. The van der Waals surface area contributed by atoms with Crippen molar-refractivity contribution in [3.63, 3.8) is 0 Å². The highest BCUT2D eigenvalue weighted by Gasteiger charge is 2.14. The lowest BCUT2D eigenvalue weighted by atomic mass is 10.0. The maximum Gasteiger partial charge on any atom is 0.0531 e. The van der Waals surface area contributed by atoms with E-state index in [4.69, 9.17) is 2.74 Å². The van der Waals surface area contributed by atoms with Crippen LogP contribution in [0.5, 0.6) is 0 Å². The first-order valence-electron chi connectivity index (χ1n) is 14.2. The second-order valence-electron chi connectivity index (χ2n) is 10.5. The highest BCUT2D eigenvalue weighted by molar-refractivity contribution is 5.84. The molecule has 2 heterocycles. The van der Waals surface area contributed by atoms with Gasteiger partial charge >= 0.3 is 0 Å². The van der Waals surface area contributed by atoms with Crippen LogP contribution < -0.4 is 0 Å². The van der Waals surface area contributed by atoms with E-state index in [9.17, 15) is 0 Å². The lowest BCUT2D eigenvalue weighted by Gasteiger charge is -2.15. The number of hydrogen-bond acceptors (Lipinski definition) is 0. The van der Waals surface area contributed by atoms with Crippen molar-refractivity contribution >= 4 is 21.8 Å². The molecular formula is C35H34N2. The molecule has 0 spiro atoms. The summed E-state index contributed by atoms with van der Waals surface area (Å²) < 4.78 is 22.7. The smallest absolute Gasteiger partial charge is 0.0531 e. The Kier molecular flexibility index (Phi) is 5.38. The molecule has 0 atom stereocenters. The van der Waals surface area contributed by atoms with Gasteiger partial charge in [0, 0.05) is 36.3 Å². The third kappa shape index (κ3) is 4.27. The lowest BCUT2D eigenvalue weighted by Crippen LogP contribution is -2.02. The molecule has 2 nitrogen and oxygen atoms in total. The highest BCUT2D eigenvalue weighted by atomic mass is 15.0. The zero-order valence-corrected chi connectivity index (χ0v) is 21.9. The minimum atomic E-state index is -1.61. The first-order valence-corrected chi connectivity index (χ1v) is 13.2. The van der Waals surface area contributed by atoms with E-state index in [1.807, 2.05) is 48.5 Å². The molecule has 4 aromatic carbocycles. The number of hydrogen-bond donors (Lipinski definition) is 0. The second kappa shape index (κ2) is 9.44. The summed E-state index contributed by atoms with van der Waals surface area (Å²) in [7, 11) is 0. The van der Waals surface area contributed by atoms with E-state index in [-0.39, 0.29) is 0 Å². The first kappa shape index (κ1) is 21.1. The van der Waals surface area contributed by atoms with Gasteiger partial charge in [0.05, 0.1) is 11.0 Å². The standard InChI is InChI=1S/C35H34N2/c1-24(2)34-22-28-9-5-7-11-32(28)36(34)30-17-13-26(14-18-30)21-27-15-19-31(20-16-27)37-33-12-8-6-10-29(33)23-35(37)25(3)4/h5-20,22-25H,21H2,1-4H3/i21D2. The number of rotatable bonds is 6. The van der Waals surface area contributed by atoms with E-state index in [1.165, 1.54) is 33.2 Å². The van der Waals surface area contributed by atoms with Gasteiger partial charge in [0.15, 0.2) is 0 Å². The summed E-state index contributed by atoms with van der Waals surface area (Å²) in [6.45, 7) is 8.84. The maximum atomic E-state index is 9.03. The lowest BCUT2D eigenvalue weighted by molar-refractivity contribution is 0.796. The minimum Gasteiger partial charge on any atom is -0.313 e. The SMILES string of the molecule is [2H]C([2H])(c1ccc(-n2c(C(C)C)cc3ccccc32)cc1)c1ccc(-n2c(C(C)C)cc3ccccc32)cc1. The van der Waals surface area contributed by atoms with E-state index < -0.39 is 6.37 Å². The van der Waals surface area contributed by atoms with Crippen LogP contribution in [0.1, 0.15) is 64.8 Å². The molecule has 2 heteroatoms. The van der Waals surface area contributed by atoms with Crippen molar-refractivity contribution in [3.05, 3.63) is 132 Å². The Morgan fingerprint density at radius 1 is 0.541 bits per heavy atom. The molecule has 6 aromatic rings. The van der Waals surface area contributed by atoms with Crippen molar-refractivity contribution in [2.45, 2.75) is 45.9 Å². The number of para-hydroxylation sites is 2. The summed E-state index contributed by atoms with van der Waals surface area (Å²) in [4.78, 5) is 0. The molecule has 0 radical (unpaired) electrons. The molecule has 0 saturated carbocycles. The highest BCUT2D eigenvalue weighted by Crippen LogP contribution is 2.31. The van der Waals surface area contributed by atoms with Crippen LogP contribution in [0.2, 0.25) is 0 Å². The fraction of sp³-hybridized carbons (Fsp3) is 0.200. The van der Waals surface area contributed by atoms with E-state index >= 15 is 0 Å². The van der Waals surface area contributed by atoms with Crippen LogP contribution in [0, 0.1) is 0 Å². The molecule has 184 valence electrons. The van der Waals surface area contributed by atoms with Gasteiger partial charge in [-0.25, -0.2) is 0 Å². The first-order chi connectivity index (χ1) is 18.8. The van der Waals surface area contributed by atoms with E-state index in [2.05, 4.69) is 97.5 Å². The molecule has 0 fully saturated rings. The molecular weight excluding hydrogens is 448 g/mol. The number of benzene rings is 4. The summed E-state index contributed by atoms with van der Waals surface area (Å²) in [6, 6.07) is 37.3. The molecule has 6 rings (SSSR count). The molecule has 0 amide bonds.